The highest BCUT2D eigenvalue weighted by Crippen LogP contribution is 2.28. The highest BCUT2D eigenvalue weighted by molar-refractivity contribution is 5.94. The van der Waals surface area contributed by atoms with Crippen molar-refractivity contribution >= 4 is 34.5 Å². The number of hydrogen-bond acceptors (Lipinski definition) is 7. The molecule has 0 radical (unpaired) electrons. The Labute approximate surface area is 224 Å². The minimum atomic E-state index is -0.286. The predicted octanol–water partition coefficient (Wildman–Crippen LogP) is 3.88. The fourth-order valence-electron chi connectivity index (χ4n) is 4.04. The van der Waals surface area contributed by atoms with Crippen LogP contribution >= 0.6 is 0 Å². The van der Waals surface area contributed by atoms with Crippen molar-refractivity contribution in [1.29, 1.82) is 0 Å². The van der Waals surface area contributed by atoms with Crippen LogP contribution in [-0.4, -0.2) is 49.5 Å². The van der Waals surface area contributed by atoms with E-state index >= 15 is 0 Å². The molecule has 3 N–H and O–H groups in total. The van der Waals surface area contributed by atoms with Crippen molar-refractivity contribution in [3.8, 4) is 11.5 Å². The lowest BCUT2D eigenvalue weighted by molar-refractivity contribution is 0.0947. The van der Waals surface area contributed by atoms with E-state index in [0.717, 1.165) is 29.7 Å². The lowest BCUT2D eigenvalue weighted by Crippen LogP contribution is -2.25. The first-order chi connectivity index (χ1) is 19.0. The maximum atomic E-state index is 12.5. The number of nitrogens with one attached hydrogen (secondary N) is 3. The number of carbonyl (C=O) groups is 2. The standard InChI is InChI=1S/C28H28N8O3/c1-29-27(38)24-17-22(10-12-31-24)39-21-8-9-25-23(16-21)34-28(35(25)2)33-20-6-4-19(5-7-20)26(37)32-11-3-14-36-15-13-30-18-36/h4-10,12-13,15-18H,3,11,14H2,1-2H3,(H,29,38)(H,32,37)(H,33,34). The Hall–Kier alpha value is -5.19. The number of hydrogen-bond donors (Lipinski definition) is 3. The molecule has 0 fully saturated rings. The van der Waals surface area contributed by atoms with Crippen LogP contribution < -0.4 is 20.7 Å². The van der Waals surface area contributed by atoms with Crippen LogP contribution in [0, 0.1) is 0 Å². The second-order valence-corrected chi connectivity index (χ2v) is 8.82. The Bertz CT molecular complexity index is 1590. The Morgan fingerprint density at radius 2 is 1.79 bits per heavy atom. The summed E-state index contributed by atoms with van der Waals surface area (Å²) in [5.74, 6) is 1.33. The van der Waals surface area contributed by atoms with Gasteiger partial charge in [-0.05, 0) is 48.9 Å². The highest BCUT2D eigenvalue weighted by Gasteiger charge is 2.12. The second-order valence-electron chi connectivity index (χ2n) is 8.82. The number of fused-ring (bicyclic) bond motifs is 1. The summed E-state index contributed by atoms with van der Waals surface area (Å²) in [7, 11) is 3.47. The smallest absolute Gasteiger partial charge is 0.269 e. The summed E-state index contributed by atoms with van der Waals surface area (Å²) in [5.41, 5.74) is 3.32. The van der Waals surface area contributed by atoms with E-state index in [0.29, 0.717) is 29.6 Å². The molecule has 5 aromatic rings. The van der Waals surface area contributed by atoms with Crippen LogP contribution in [0.2, 0.25) is 0 Å². The van der Waals surface area contributed by atoms with Crippen LogP contribution in [0.25, 0.3) is 11.0 Å². The fraction of sp³-hybridized carbons (Fsp3) is 0.179. The van der Waals surface area contributed by atoms with Gasteiger partial charge in [0.2, 0.25) is 5.95 Å². The first-order valence-electron chi connectivity index (χ1n) is 12.4. The van der Waals surface area contributed by atoms with Crippen LogP contribution in [0.5, 0.6) is 11.5 Å². The van der Waals surface area contributed by atoms with E-state index in [4.69, 9.17) is 9.72 Å². The summed E-state index contributed by atoms with van der Waals surface area (Å²) in [6.07, 6.45) is 7.75. The third-order valence-electron chi connectivity index (χ3n) is 6.12. The number of aromatic nitrogens is 5. The highest BCUT2D eigenvalue weighted by atomic mass is 16.5. The molecule has 11 heteroatoms. The normalized spacial score (nSPS) is 10.8. The van der Waals surface area contributed by atoms with Crippen LogP contribution in [0.15, 0.2) is 79.5 Å². The summed E-state index contributed by atoms with van der Waals surface area (Å²) < 4.78 is 9.87. The molecule has 11 nitrogen and oxygen atoms in total. The Morgan fingerprint density at radius 1 is 0.974 bits per heavy atom. The first-order valence-corrected chi connectivity index (χ1v) is 12.4. The van der Waals surface area contributed by atoms with E-state index in [2.05, 4.69) is 25.9 Å². The molecular formula is C28H28N8O3. The summed E-state index contributed by atoms with van der Waals surface area (Å²) in [5, 5.41) is 8.81. The van der Waals surface area contributed by atoms with Gasteiger partial charge in [0, 0.05) is 69.2 Å². The van der Waals surface area contributed by atoms with E-state index in [1.54, 1.807) is 43.8 Å². The number of carbonyl (C=O) groups excluding carboxylic acids is 2. The average Bonchev–Trinajstić information content (AvgIpc) is 3.59. The first kappa shape index (κ1) is 25.5. The van der Waals surface area contributed by atoms with Gasteiger partial charge >= 0.3 is 0 Å². The van der Waals surface area contributed by atoms with Crippen molar-refractivity contribution in [1.82, 2.24) is 34.7 Å². The lowest BCUT2D eigenvalue weighted by Gasteiger charge is -2.09. The fourth-order valence-corrected chi connectivity index (χ4v) is 4.04. The second kappa shape index (κ2) is 11.5. The number of amides is 2. The van der Waals surface area contributed by atoms with Crippen molar-refractivity contribution in [3.05, 3.63) is 90.8 Å². The number of benzene rings is 2. The van der Waals surface area contributed by atoms with Gasteiger partial charge in [-0.1, -0.05) is 0 Å². The molecule has 0 aliphatic rings. The van der Waals surface area contributed by atoms with Gasteiger partial charge < -0.3 is 29.8 Å². The topological polar surface area (TPSA) is 128 Å². The number of aryl methyl sites for hydroxylation is 2. The maximum Gasteiger partial charge on any atom is 0.269 e. The molecule has 3 heterocycles. The van der Waals surface area contributed by atoms with Gasteiger partial charge in [-0.3, -0.25) is 14.6 Å². The summed E-state index contributed by atoms with van der Waals surface area (Å²) in [6.45, 7) is 1.39. The predicted molar refractivity (Wildman–Crippen MR) is 147 cm³/mol. The minimum Gasteiger partial charge on any atom is -0.457 e. The van der Waals surface area contributed by atoms with E-state index in [9.17, 15) is 9.59 Å². The lowest BCUT2D eigenvalue weighted by atomic mass is 10.2. The zero-order valence-corrected chi connectivity index (χ0v) is 21.6. The van der Waals surface area contributed by atoms with Gasteiger partial charge in [0.1, 0.15) is 17.2 Å². The van der Waals surface area contributed by atoms with Gasteiger partial charge in [0.25, 0.3) is 11.8 Å². The van der Waals surface area contributed by atoms with Crippen molar-refractivity contribution in [3.63, 3.8) is 0 Å². The molecule has 5 rings (SSSR count). The van der Waals surface area contributed by atoms with Gasteiger partial charge in [-0.15, -0.1) is 0 Å². The molecule has 3 aromatic heterocycles. The molecule has 39 heavy (non-hydrogen) atoms. The number of nitrogens with zero attached hydrogens (tertiary/aromatic N) is 5. The van der Waals surface area contributed by atoms with Gasteiger partial charge in [0.15, 0.2) is 0 Å². The molecule has 0 saturated heterocycles. The minimum absolute atomic E-state index is 0.112. The average molecular weight is 525 g/mol. The zero-order chi connectivity index (χ0) is 27.2. The van der Waals surface area contributed by atoms with Crippen molar-refractivity contribution < 1.29 is 14.3 Å². The Kier molecular flexibility index (Phi) is 7.48. The molecule has 0 spiro atoms. The van der Waals surface area contributed by atoms with E-state index in [1.165, 1.54) is 6.20 Å². The molecule has 2 amide bonds. The monoisotopic (exact) mass is 524 g/mol. The van der Waals surface area contributed by atoms with Crippen LogP contribution in [0.1, 0.15) is 27.3 Å². The molecule has 0 bridgehead atoms. The van der Waals surface area contributed by atoms with Gasteiger partial charge in [-0.25, -0.2) is 9.97 Å². The van der Waals surface area contributed by atoms with Crippen molar-refractivity contribution in [2.24, 2.45) is 7.05 Å². The van der Waals surface area contributed by atoms with Crippen molar-refractivity contribution in [2.45, 2.75) is 13.0 Å². The molecule has 0 saturated carbocycles. The summed E-state index contributed by atoms with van der Waals surface area (Å²) >= 11 is 0. The summed E-state index contributed by atoms with van der Waals surface area (Å²) in [4.78, 5) is 37.1. The molecule has 0 atom stereocenters. The third-order valence-corrected chi connectivity index (χ3v) is 6.12. The van der Waals surface area contributed by atoms with E-state index < -0.39 is 0 Å². The SMILES string of the molecule is CNC(=O)c1cc(Oc2ccc3c(c2)nc(Nc2ccc(C(=O)NCCCn4ccnc4)cc2)n3C)ccn1. The quantitative estimate of drug-likeness (QED) is 0.237. The Balaban J connectivity index is 1.21. The number of rotatable bonds is 10. The number of ether oxygens (including phenoxy) is 1. The molecule has 198 valence electrons. The summed E-state index contributed by atoms with van der Waals surface area (Å²) in [6, 6.07) is 16.1. The molecule has 0 aliphatic heterocycles. The molecule has 2 aromatic carbocycles. The zero-order valence-electron chi connectivity index (χ0n) is 21.6. The third kappa shape index (κ3) is 6.04. The van der Waals surface area contributed by atoms with Crippen molar-refractivity contribution in [2.75, 3.05) is 18.9 Å². The van der Waals surface area contributed by atoms with E-state index in [1.807, 2.05) is 52.7 Å². The molecule has 0 unspecified atom stereocenters. The maximum absolute atomic E-state index is 12.5. The number of pyridine rings is 1. The van der Waals surface area contributed by atoms with Crippen LogP contribution in [0.4, 0.5) is 11.6 Å². The van der Waals surface area contributed by atoms with Gasteiger partial charge in [-0.2, -0.15) is 0 Å². The van der Waals surface area contributed by atoms with Gasteiger partial charge in [0.05, 0.1) is 17.4 Å². The van der Waals surface area contributed by atoms with Crippen LogP contribution in [-0.2, 0) is 13.6 Å². The number of anilines is 2. The number of imidazole rings is 2. The Morgan fingerprint density at radius 3 is 2.56 bits per heavy atom. The molecular weight excluding hydrogens is 496 g/mol. The largest absolute Gasteiger partial charge is 0.457 e. The van der Waals surface area contributed by atoms with E-state index in [-0.39, 0.29) is 17.5 Å². The molecule has 0 aliphatic carbocycles. The van der Waals surface area contributed by atoms with Crippen LogP contribution in [0.3, 0.4) is 0 Å².